The van der Waals surface area contributed by atoms with Crippen molar-refractivity contribution in [3.63, 3.8) is 0 Å². The van der Waals surface area contributed by atoms with E-state index in [0.29, 0.717) is 6.42 Å². The summed E-state index contributed by atoms with van der Waals surface area (Å²) in [6, 6.07) is 0. The molecule has 0 aromatic rings. The van der Waals surface area contributed by atoms with Crippen molar-refractivity contribution in [1.29, 1.82) is 0 Å². The number of phosphoric acid groups is 1. The van der Waals surface area contributed by atoms with Gasteiger partial charge in [0, 0.05) is 13.0 Å². The molecule has 0 aliphatic heterocycles. The first kappa shape index (κ1) is 50.0. The summed E-state index contributed by atoms with van der Waals surface area (Å²) in [7, 11) is -4.27. The largest absolute Gasteiger partial charge is 0.492 e. The molecule has 0 fully saturated rings. The highest BCUT2D eigenvalue weighted by atomic mass is 31.2. The van der Waals surface area contributed by atoms with Gasteiger partial charge in [0.2, 0.25) is 0 Å². The fraction of sp³-hybridized carbons (Fsp3) is 0.744. The van der Waals surface area contributed by atoms with Gasteiger partial charge in [0.25, 0.3) is 0 Å². The molecule has 0 amide bonds. The van der Waals surface area contributed by atoms with Gasteiger partial charge in [-0.25, -0.2) is 4.57 Å². The number of nitrogens with two attached hydrogens (primary N) is 1. The van der Waals surface area contributed by atoms with Crippen LogP contribution < -0.4 is 5.73 Å². The standard InChI is InChI=1S/C43H78NO7P/c1-3-5-7-9-11-13-15-17-19-21-22-24-26-28-30-32-34-36-43(45)49-40-42(41-51-52(46,47)50-39-37-44)48-38-35-33-31-29-27-25-23-20-18-16-14-12-10-8-6-4-2/h11,13-14,16-17,19,22,24,35,38,42H,3-10,12,15,18,20-21,23,25-34,36-37,39-41,44H2,1-2H3,(H,46,47)/b13-11-,16-14-,19-17-,24-22-,38-35-/t42-/m1/s1. The molecule has 9 heteroatoms. The van der Waals surface area contributed by atoms with Gasteiger partial charge in [0.05, 0.1) is 19.5 Å². The lowest BCUT2D eigenvalue weighted by atomic mass is 10.1. The average molecular weight is 752 g/mol. The van der Waals surface area contributed by atoms with Crippen LogP contribution in [0.4, 0.5) is 0 Å². The van der Waals surface area contributed by atoms with Gasteiger partial charge < -0.3 is 20.1 Å². The van der Waals surface area contributed by atoms with E-state index in [1.54, 1.807) is 6.26 Å². The van der Waals surface area contributed by atoms with Crippen LogP contribution in [0.1, 0.15) is 174 Å². The lowest BCUT2D eigenvalue weighted by molar-refractivity contribution is -0.147. The molecule has 0 saturated carbocycles. The number of phosphoric ester groups is 1. The normalized spacial score (nSPS) is 14.1. The molecule has 2 atom stereocenters. The zero-order chi connectivity index (χ0) is 38.1. The Labute approximate surface area is 319 Å². The minimum Gasteiger partial charge on any atom is -0.492 e. The number of hydrogen-bond acceptors (Lipinski definition) is 7. The quantitative estimate of drug-likeness (QED) is 0.0210. The Kier molecular flexibility index (Phi) is 38.7. The fourth-order valence-electron chi connectivity index (χ4n) is 5.33. The number of carbonyl (C=O) groups excluding carboxylic acids is 1. The first-order valence-corrected chi connectivity index (χ1v) is 22.3. The van der Waals surface area contributed by atoms with Crippen LogP contribution in [0.5, 0.6) is 0 Å². The van der Waals surface area contributed by atoms with Crippen LogP contribution in [0, 0.1) is 0 Å². The van der Waals surface area contributed by atoms with Crippen LogP contribution in [-0.4, -0.2) is 43.3 Å². The Morgan fingerprint density at radius 1 is 0.596 bits per heavy atom. The third kappa shape index (κ3) is 39.3. The molecule has 0 spiro atoms. The van der Waals surface area contributed by atoms with Crippen LogP contribution >= 0.6 is 7.82 Å². The number of carbonyl (C=O) groups is 1. The van der Waals surface area contributed by atoms with Crippen LogP contribution in [0.2, 0.25) is 0 Å². The predicted octanol–water partition coefficient (Wildman–Crippen LogP) is 12.5. The maximum Gasteiger partial charge on any atom is 0.472 e. The summed E-state index contributed by atoms with van der Waals surface area (Å²) in [5.74, 6) is -0.315. The molecule has 3 N–H and O–H groups in total. The SMILES string of the molecule is CCCCC/C=C\C/C=C\C/C=C\CCCCCCC(=O)OC[C@H](COP(=O)(O)OCCN)O/C=C\CCCCCCCC/C=C\CCCCCC. The second kappa shape index (κ2) is 40.2. The molecule has 8 nitrogen and oxygen atoms in total. The third-order valence-electron chi connectivity index (χ3n) is 8.50. The van der Waals surface area contributed by atoms with Crippen molar-refractivity contribution < 1.29 is 32.8 Å². The van der Waals surface area contributed by atoms with Crippen LogP contribution in [-0.2, 0) is 27.9 Å². The highest BCUT2D eigenvalue weighted by Gasteiger charge is 2.24. The summed E-state index contributed by atoms with van der Waals surface area (Å²) in [5.41, 5.74) is 5.36. The van der Waals surface area contributed by atoms with Crippen molar-refractivity contribution in [1.82, 2.24) is 0 Å². The Morgan fingerprint density at radius 2 is 1.04 bits per heavy atom. The number of rotatable bonds is 39. The minimum absolute atomic E-state index is 0.0808. The minimum atomic E-state index is -4.27. The number of ether oxygens (including phenoxy) is 2. The van der Waals surface area contributed by atoms with Crippen molar-refractivity contribution in [3.8, 4) is 0 Å². The summed E-state index contributed by atoms with van der Waals surface area (Å²) in [6.45, 7) is 4.13. The maximum atomic E-state index is 12.4. The van der Waals surface area contributed by atoms with E-state index < -0.39 is 13.9 Å². The molecule has 1 unspecified atom stereocenters. The fourth-order valence-corrected chi connectivity index (χ4v) is 6.10. The topological polar surface area (TPSA) is 117 Å². The number of unbranched alkanes of at least 4 members (excludes halogenated alkanes) is 18. The zero-order valence-electron chi connectivity index (χ0n) is 33.3. The van der Waals surface area contributed by atoms with E-state index in [1.807, 2.05) is 6.08 Å². The molecule has 0 aromatic heterocycles. The van der Waals surface area contributed by atoms with Gasteiger partial charge in [-0.05, 0) is 89.5 Å². The second-order valence-corrected chi connectivity index (χ2v) is 15.0. The molecule has 0 radical (unpaired) electrons. The molecule has 0 saturated heterocycles. The maximum absolute atomic E-state index is 12.4. The van der Waals surface area contributed by atoms with Crippen molar-refractivity contribution in [2.45, 2.75) is 180 Å². The summed E-state index contributed by atoms with van der Waals surface area (Å²) < 4.78 is 33.1. The Bertz CT molecular complexity index is 979. The first-order chi connectivity index (χ1) is 25.4. The van der Waals surface area contributed by atoms with Gasteiger partial charge in [-0.3, -0.25) is 13.8 Å². The number of esters is 1. The Morgan fingerprint density at radius 3 is 1.60 bits per heavy atom. The zero-order valence-corrected chi connectivity index (χ0v) is 34.2. The average Bonchev–Trinajstić information content (AvgIpc) is 3.14. The molecular formula is C43H78NO7P. The van der Waals surface area contributed by atoms with Gasteiger partial charge >= 0.3 is 13.8 Å². The predicted molar refractivity (Wildman–Crippen MR) is 219 cm³/mol. The second-order valence-electron chi connectivity index (χ2n) is 13.6. The lowest BCUT2D eigenvalue weighted by Crippen LogP contribution is -2.25. The monoisotopic (exact) mass is 752 g/mol. The first-order valence-electron chi connectivity index (χ1n) is 20.8. The molecular weight excluding hydrogens is 673 g/mol. The van der Waals surface area contributed by atoms with E-state index in [-0.39, 0.29) is 32.3 Å². The third-order valence-corrected chi connectivity index (χ3v) is 9.48. The van der Waals surface area contributed by atoms with E-state index in [0.717, 1.165) is 57.8 Å². The summed E-state index contributed by atoms with van der Waals surface area (Å²) in [5, 5.41) is 0. The van der Waals surface area contributed by atoms with Gasteiger partial charge in [-0.15, -0.1) is 0 Å². The number of hydrogen-bond donors (Lipinski definition) is 2. The summed E-state index contributed by atoms with van der Waals surface area (Å²) in [4.78, 5) is 22.2. The summed E-state index contributed by atoms with van der Waals surface area (Å²) in [6.07, 6.45) is 49.0. The highest BCUT2D eigenvalue weighted by Crippen LogP contribution is 2.43. The number of allylic oxidation sites excluding steroid dienone is 9. The van der Waals surface area contributed by atoms with E-state index in [2.05, 4.69) is 62.5 Å². The molecule has 0 heterocycles. The molecule has 0 aromatic carbocycles. The molecule has 302 valence electrons. The Hall–Kier alpha value is -1.96. The van der Waals surface area contributed by atoms with E-state index in [1.165, 1.54) is 96.3 Å². The molecule has 0 rings (SSSR count). The van der Waals surface area contributed by atoms with Crippen molar-refractivity contribution in [3.05, 3.63) is 60.9 Å². The van der Waals surface area contributed by atoms with Crippen molar-refractivity contribution in [2.75, 3.05) is 26.4 Å². The van der Waals surface area contributed by atoms with Crippen LogP contribution in [0.25, 0.3) is 0 Å². The van der Waals surface area contributed by atoms with E-state index >= 15 is 0 Å². The van der Waals surface area contributed by atoms with Crippen molar-refractivity contribution in [2.24, 2.45) is 5.73 Å². The molecule has 0 aliphatic rings. The Balaban J connectivity index is 4.17. The molecule has 52 heavy (non-hydrogen) atoms. The van der Waals surface area contributed by atoms with E-state index in [4.69, 9.17) is 24.3 Å². The van der Waals surface area contributed by atoms with E-state index in [9.17, 15) is 14.3 Å². The van der Waals surface area contributed by atoms with Crippen LogP contribution in [0.15, 0.2) is 60.9 Å². The lowest BCUT2D eigenvalue weighted by Gasteiger charge is -2.19. The van der Waals surface area contributed by atoms with Gasteiger partial charge in [0.1, 0.15) is 6.61 Å². The van der Waals surface area contributed by atoms with Gasteiger partial charge in [-0.2, -0.15) is 0 Å². The summed E-state index contributed by atoms with van der Waals surface area (Å²) >= 11 is 0. The highest BCUT2D eigenvalue weighted by molar-refractivity contribution is 7.47. The van der Waals surface area contributed by atoms with Crippen LogP contribution in [0.3, 0.4) is 0 Å². The molecule has 0 bridgehead atoms. The van der Waals surface area contributed by atoms with Gasteiger partial charge in [-0.1, -0.05) is 133 Å². The molecule has 0 aliphatic carbocycles. The van der Waals surface area contributed by atoms with Crippen molar-refractivity contribution >= 4 is 13.8 Å². The smallest absolute Gasteiger partial charge is 0.472 e. The van der Waals surface area contributed by atoms with Gasteiger partial charge in [0.15, 0.2) is 6.10 Å².